The maximum absolute atomic E-state index is 12.6. The Kier molecular flexibility index (Phi) is 5.11. The average molecular weight is 354 g/mol. The van der Waals surface area contributed by atoms with Gasteiger partial charge in [0.1, 0.15) is 0 Å². The van der Waals surface area contributed by atoms with Gasteiger partial charge in [0.25, 0.3) is 5.91 Å². The maximum Gasteiger partial charge on any atom is 0.255 e. The van der Waals surface area contributed by atoms with Gasteiger partial charge >= 0.3 is 0 Å². The lowest BCUT2D eigenvalue weighted by Gasteiger charge is -2.19. The van der Waals surface area contributed by atoms with E-state index in [4.69, 9.17) is 9.47 Å². The summed E-state index contributed by atoms with van der Waals surface area (Å²) < 4.78 is 10.4. The lowest BCUT2D eigenvalue weighted by Crippen LogP contribution is -2.24. The van der Waals surface area contributed by atoms with Crippen LogP contribution in [-0.4, -0.2) is 32.6 Å². The Labute approximate surface area is 152 Å². The zero-order chi connectivity index (χ0) is 18.7. The molecule has 3 rings (SSSR count). The Morgan fingerprint density at radius 3 is 2.50 bits per heavy atom. The number of amides is 2. The van der Waals surface area contributed by atoms with E-state index < -0.39 is 0 Å². The standard InChI is InChI=1S/C20H22N2O4/c1-13-6-8-15(12-16(13)22-10-4-5-19(22)23)21-20(24)14-7-9-17(25-2)18(11-14)26-3/h6-9,11-12H,4-5,10H2,1-3H3,(H,21,24). The molecule has 2 aromatic carbocycles. The number of nitrogens with one attached hydrogen (secondary N) is 1. The number of nitrogens with zero attached hydrogens (tertiary/aromatic N) is 1. The summed E-state index contributed by atoms with van der Waals surface area (Å²) in [7, 11) is 3.07. The summed E-state index contributed by atoms with van der Waals surface area (Å²) in [5, 5.41) is 2.88. The van der Waals surface area contributed by atoms with Crippen LogP contribution in [0.3, 0.4) is 0 Å². The molecule has 1 N–H and O–H groups in total. The molecular formula is C20H22N2O4. The Bertz CT molecular complexity index is 848. The molecule has 0 radical (unpaired) electrons. The molecule has 1 fully saturated rings. The fraction of sp³-hybridized carbons (Fsp3) is 0.300. The number of rotatable bonds is 5. The highest BCUT2D eigenvalue weighted by Crippen LogP contribution is 2.30. The quantitative estimate of drug-likeness (QED) is 0.894. The summed E-state index contributed by atoms with van der Waals surface area (Å²) in [6.45, 7) is 2.67. The van der Waals surface area contributed by atoms with E-state index in [2.05, 4.69) is 5.32 Å². The third-order valence-electron chi connectivity index (χ3n) is 4.48. The Hall–Kier alpha value is -3.02. The van der Waals surface area contributed by atoms with Crippen LogP contribution in [0, 0.1) is 6.92 Å². The van der Waals surface area contributed by atoms with E-state index in [1.54, 1.807) is 30.2 Å². The first-order chi connectivity index (χ1) is 12.5. The van der Waals surface area contributed by atoms with Crippen LogP contribution in [0.25, 0.3) is 0 Å². The summed E-state index contributed by atoms with van der Waals surface area (Å²) in [5.74, 6) is 0.923. The van der Waals surface area contributed by atoms with Crippen molar-refractivity contribution in [2.45, 2.75) is 19.8 Å². The molecular weight excluding hydrogens is 332 g/mol. The molecule has 1 aliphatic heterocycles. The lowest BCUT2D eigenvalue weighted by atomic mass is 10.1. The third-order valence-corrected chi connectivity index (χ3v) is 4.48. The van der Waals surface area contributed by atoms with Crippen LogP contribution < -0.4 is 19.7 Å². The molecule has 6 heteroatoms. The molecule has 1 aliphatic rings. The van der Waals surface area contributed by atoms with Crippen molar-refractivity contribution in [2.24, 2.45) is 0 Å². The SMILES string of the molecule is COc1ccc(C(=O)Nc2ccc(C)c(N3CCCC3=O)c2)cc1OC. The highest BCUT2D eigenvalue weighted by atomic mass is 16.5. The Morgan fingerprint density at radius 2 is 1.85 bits per heavy atom. The van der Waals surface area contributed by atoms with Gasteiger partial charge in [0.2, 0.25) is 5.91 Å². The first kappa shape index (κ1) is 17.8. The van der Waals surface area contributed by atoms with Gasteiger partial charge in [0, 0.05) is 29.9 Å². The van der Waals surface area contributed by atoms with Crippen molar-refractivity contribution in [3.8, 4) is 11.5 Å². The van der Waals surface area contributed by atoms with Crippen molar-refractivity contribution in [3.05, 3.63) is 47.5 Å². The molecule has 1 heterocycles. The zero-order valence-electron chi connectivity index (χ0n) is 15.2. The first-order valence-electron chi connectivity index (χ1n) is 8.48. The van der Waals surface area contributed by atoms with Crippen molar-refractivity contribution in [1.82, 2.24) is 0 Å². The number of ether oxygens (including phenoxy) is 2. The fourth-order valence-electron chi connectivity index (χ4n) is 3.06. The van der Waals surface area contributed by atoms with Crippen LogP contribution in [0.4, 0.5) is 11.4 Å². The third kappa shape index (κ3) is 3.49. The molecule has 0 saturated carbocycles. The molecule has 2 aromatic rings. The Morgan fingerprint density at radius 1 is 1.08 bits per heavy atom. The van der Waals surface area contributed by atoms with Gasteiger partial charge < -0.3 is 19.7 Å². The highest BCUT2D eigenvalue weighted by molar-refractivity contribution is 6.05. The molecule has 0 bridgehead atoms. The summed E-state index contributed by atoms with van der Waals surface area (Å²) in [4.78, 5) is 26.4. The van der Waals surface area contributed by atoms with Gasteiger partial charge in [-0.15, -0.1) is 0 Å². The molecule has 0 atom stereocenters. The second-order valence-corrected chi connectivity index (χ2v) is 6.17. The van der Waals surface area contributed by atoms with Gasteiger partial charge in [-0.3, -0.25) is 9.59 Å². The van der Waals surface area contributed by atoms with Crippen molar-refractivity contribution in [2.75, 3.05) is 31.0 Å². The monoisotopic (exact) mass is 354 g/mol. The minimum absolute atomic E-state index is 0.122. The zero-order valence-corrected chi connectivity index (χ0v) is 15.2. The van der Waals surface area contributed by atoms with Gasteiger partial charge in [-0.2, -0.15) is 0 Å². The largest absolute Gasteiger partial charge is 0.493 e. The van der Waals surface area contributed by atoms with Gasteiger partial charge in [-0.1, -0.05) is 6.07 Å². The number of hydrogen-bond donors (Lipinski definition) is 1. The van der Waals surface area contributed by atoms with Crippen LogP contribution in [0.2, 0.25) is 0 Å². The van der Waals surface area contributed by atoms with Gasteiger partial charge in [0.05, 0.1) is 14.2 Å². The number of benzene rings is 2. The highest BCUT2D eigenvalue weighted by Gasteiger charge is 2.23. The lowest BCUT2D eigenvalue weighted by molar-refractivity contribution is -0.117. The van der Waals surface area contributed by atoms with Crippen LogP contribution >= 0.6 is 0 Å². The summed E-state index contributed by atoms with van der Waals surface area (Å²) in [6.07, 6.45) is 1.43. The van der Waals surface area contributed by atoms with Crippen molar-refractivity contribution in [3.63, 3.8) is 0 Å². The number of anilines is 2. The second kappa shape index (κ2) is 7.47. The van der Waals surface area contributed by atoms with E-state index in [-0.39, 0.29) is 11.8 Å². The molecule has 136 valence electrons. The normalized spacial score (nSPS) is 13.7. The molecule has 2 amide bonds. The Balaban J connectivity index is 1.82. The van der Waals surface area contributed by atoms with Gasteiger partial charge in [-0.25, -0.2) is 0 Å². The van der Waals surface area contributed by atoms with Crippen molar-refractivity contribution < 1.29 is 19.1 Å². The molecule has 6 nitrogen and oxygen atoms in total. The van der Waals surface area contributed by atoms with E-state index in [1.807, 2.05) is 25.1 Å². The molecule has 0 spiro atoms. The van der Waals surface area contributed by atoms with Crippen LogP contribution in [0.5, 0.6) is 11.5 Å². The van der Waals surface area contributed by atoms with Gasteiger partial charge in [0.15, 0.2) is 11.5 Å². The number of methoxy groups -OCH3 is 2. The average Bonchev–Trinajstić information content (AvgIpc) is 3.08. The topological polar surface area (TPSA) is 67.9 Å². The summed E-state index contributed by atoms with van der Waals surface area (Å²) in [6, 6.07) is 10.6. The molecule has 26 heavy (non-hydrogen) atoms. The van der Waals surface area contributed by atoms with Gasteiger partial charge in [-0.05, 0) is 49.2 Å². The first-order valence-corrected chi connectivity index (χ1v) is 8.48. The molecule has 1 saturated heterocycles. The number of carbonyl (C=O) groups excluding carboxylic acids is 2. The maximum atomic E-state index is 12.6. The molecule has 0 aliphatic carbocycles. The summed E-state index contributed by atoms with van der Waals surface area (Å²) >= 11 is 0. The minimum Gasteiger partial charge on any atom is -0.493 e. The number of hydrogen-bond acceptors (Lipinski definition) is 4. The summed E-state index contributed by atoms with van der Waals surface area (Å²) in [5.41, 5.74) is 2.95. The van der Waals surface area contributed by atoms with E-state index >= 15 is 0 Å². The smallest absolute Gasteiger partial charge is 0.255 e. The van der Waals surface area contributed by atoms with Crippen LogP contribution in [-0.2, 0) is 4.79 Å². The van der Waals surface area contributed by atoms with Crippen molar-refractivity contribution in [1.29, 1.82) is 0 Å². The van der Waals surface area contributed by atoms with Crippen LogP contribution in [0.15, 0.2) is 36.4 Å². The second-order valence-electron chi connectivity index (χ2n) is 6.17. The van der Waals surface area contributed by atoms with Crippen molar-refractivity contribution >= 4 is 23.2 Å². The predicted molar refractivity (Wildman–Crippen MR) is 100 cm³/mol. The van der Waals surface area contributed by atoms with E-state index in [0.717, 1.165) is 17.7 Å². The van der Waals surface area contributed by atoms with E-state index in [9.17, 15) is 9.59 Å². The predicted octanol–water partition coefficient (Wildman–Crippen LogP) is 3.39. The molecule has 0 aromatic heterocycles. The van der Waals surface area contributed by atoms with E-state index in [1.165, 1.54) is 7.11 Å². The molecule has 0 unspecified atom stereocenters. The van der Waals surface area contributed by atoms with E-state index in [0.29, 0.717) is 35.7 Å². The number of carbonyl (C=O) groups is 2. The minimum atomic E-state index is -0.256. The van der Waals surface area contributed by atoms with Crippen LogP contribution in [0.1, 0.15) is 28.8 Å². The fourth-order valence-corrected chi connectivity index (χ4v) is 3.06. The number of aryl methyl sites for hydroxylation is 1.